The molecule has 2 aromatic rings. The minimum absolute atomic E-state index is 0.0104. The lowest BCUT2D eigenvalue weighted by atomic mass is 9.84. The van der Waals surface area contributed by atoms with Gasteiger partial charge in [0.25, 0.3) is 0 Å². The van der Waals surface area contributed by atoms with Gasteiger partial charge in [-0.05, 0) is 29.5 Å². The molecule has 1 aliphatic heterocycles. The molecule has 2 aromatic heterocycles. The maximum atomic E-state index is 12.2. The Hall–Kier alpha value is -2.54. The highest BCUT2D eigenvalue weighted by atomic mass is 16.1. The summed E-state index contributed by atoms with van der Waals surface area (Å²) in [7, 11) is 1.83. The Kier molecular flexibility index (Phi) is 3.50. The Labute approximate surface area is 130 Å². The van der Waals surface area contributed by atoms with E-state index in [1.54, 1.807) is 0 Å². The summed E-state index contributed by atoms with van der Waals surface area (Å²) in [5.74, 6) is 7.14. The van der Waals surface area contributed by atoms with Gasteiger partial charge in [-0.15, -0.1) is 0 Å². The van der Waals surface area contributed by atoms with Crippen molar-refractivity contribution in [2.24, 2.45) is 5.41 Å². The van der Waals surface area contributed by atoms with E-state index in [0.29, 0.717) is 12.1 Å². The number of nitrogens with one attached hydrogen (secondary N) is 1. The van der Waals surface area contributed by atoms with Gasteiger partial charge < -0.3 is 9.88 Å². The summed E-state index contributed by atoms with van der Waals surface area (Å²) in [6.45, 7) is 5.09. The summed E-state index contributed by atoms with van der Waals surface area (Å²) in [5.41, 5.74) is 2.34. The highest BCUT2D eigenvalue weighted by Crippen LogP contribution is 2.31. The van der Waals surface area contributed by atoms with Gasteiger partial charge in [0.15, 0.2) is 5.78 Å². The zero-order valence-electron chi connectivity index (χ0n) is 13.1. The molecule has 112 valence electrons. The van der Waals surface area contributed by atoms with Crippen molar-refractivity contribution in [3.05, 3.63) is 47.4 Å². The third-order valence-corrected chi connectivity index (χ3v) is 3.76. The molecule has 1 aliphatic rings. The fourth-order valence-corrected chi connectivity index (χ4v) is 2.77. The molecule has 0 amide bonds. The van der Waals surface area contributed by atoms with Crippen LogP contribution in [0.2, 0.25) is 0 Å². The van der Waals surface area contributed by atoms with Crippen LogP contribution in [0.5, 0.6) is 0 Å². The van der Waals surface area contributed by atoms with Crippen molar-refractivity contribution in [1.82, 2.24) is 9.55 Å². The van der Waals surface area contributed by atoms with E-state index >= 15 is 0 Å². The summed E-state index contributed by atoms with van der Waals surface area (Å²) in [4.78, 5) is 16.6. The van der Waals surface area contributed by atoms with Crippen molar-refractivity contribution in [2.75, 3.05) is 12.4 Å². The largest absolute Gasteiger partial charge is 0.373 e. The van der Waals surface area contributed by atoms with Crippen LogP contribution in [0.25, 0.3) is 0 Å². The number of hydrogen-bond acceptors (Lipinski definition) is 3. The molecule has 3 rings (SSSR count). The maximum Gasteiger partial charge on any atom is 0.179 e. The molecule has 0 unspecified atom stereocenters. The van der Waals surface area contributed by atoms with E-state index in [1.807, 2.05) is 42.1 Å². The number of nitrogens with zero attached hydrogens (tertiary/aromatic N) is 2. The van der Waals surface area contributed by atoms with Gasteiger partial charge in [0.05, 0.1) is 5.69 Å². The molecule has 0 fully saturated rings. The standard InChI is InChI=1S/C18H19N3O/c1-18(2)10-16(22)15-9-13(11-21(15)12-18)7-8-14-5-4-6-17(19-3)20-14/h4-6,9,11H,10,12H2,1-3H3,(H,19,20). The second-order valence-corrected chi connectivity index (χ2v) is 6.41. The van der Waals surface area contributed by atoms with Crippen LogP contribution in [0.3, 0.4) is 0 Å². The van der Waals surface area contributed by atoms with Crippen molar-refractivity contribution in [1.29, 1.82) is 0 Å². The first kappa shape index (κ1) is 14.4. The minimum Gasteiger partial charge on any atom is -0.373 e. The molecule has 0 atom stereocenters. The van der Waals surface area contributed by atoms with Crippen molar-refractivity contribution in [3.63, 3.8) is 0 Å². The molecule has 4 heteroatoms. The molecule has 4 nitrogen and oxygen atoms in total. The first-order valence-electron chi connectivity index (χ1n) is 7.37. The van der Waals surface area contributed by atoms with Gasteiger partial charge in [-0.2, -0.15) is 0 Å². The van der Waals surface area contributed by atoms with Gasteiger partial charge >= 0.3 is 0 Å². The van der Waals surface area contributed by atoms with Crippen molar-refractivity contribution < 1.29 is 4.79 Å². The summed E-state index contributed by atoms with van der Waals surface area (Å²) in [5, 5.41) is 2.99. The number of Topliss-reactive ketones (excluding diaryl/α,β-unsaturated/α-hetero) is 1. The van der Waals surface area contributed by atoms with Crippen molar-refractivity contribution in [3.8, 4) is 11.8 Å². The molecule has 0 aliphatic carbocycles. The Morgan fingerprint density at radius 1 is 1.32 bits per heavy atom. The number of aromatic nitrogens is 2. The topological polar surface area (TPSA) is 46.9 Å². The van der Waals surface area contributed by atoms with E-state index in [9.17, 15) is 4.79 Å². The van der Waals surface area contributed by atoms with Crippen LogP contribution >= 0.6 is 0 Å². The van der Waals surface area contributed by atoms with E-state index in [0.717, 1.165) is 23.6 Å². The molecule has 0 bridgehead atoms. The summed E-state index contributed by atoms with van der Waals surface area (Å²) < 4.78 is 2.02. The predicted octanol–water partition coefficient (Wildman–Crippen LogP) is 2.94. The summed E-state index contributed by atoms with van der Waals surface area (Å²) >= 11 is 0. The Bertz CT molecular complexity index is 790. The molecular weight excluding hydrogens is 274 g/mol. The Morgan fingerprint density at radius 3 is 2.91 bits per heavy atom. The highest BCUT2D eigenvalue weighted by Gasteiger charge is 2.30. The monoisotopic (exact) mass is 293 g/mol. The molecule has 0 radical (unpaired) electrons. The lowest BCUT2D eigenvalue weighted by molar-refractivity contribution is 0.0870. The smallest absolute Gasteiger partial charge is 0.179 e. The van der Waals surface area contributed by atoms with E-state index in [4.69, 9.17) is 0 Å². The second kappa shape index (κ2) is 5.34. The van der Waals surface area contributed by atoms with Gasteiger partial charge in [0.2, 0.25) is 0 Å². The third-order valence-electron chi connectivity index (χ3n) is 3.76. The van der Waals surface area contributed by atoms with E-state index in [2.05, 4.69) is 36.0 Å². The molecular formula is C18H19N3O. The minimum atomic E-state index is 0.0104. The Morgan fingerprint density at radius 2 is 2.14 bits per heavy atom. The average Bonchev–Trinajstić information content (AvgIpc) is 2.87. The van der Waals surface area contributed by atoms with Crippen LogP contribution in [-0.4, -0.2) is 22.4 Å². The first-order chi connectivity index (χ1) is 10.5. The van der Waals surface area contributed by atoms with Gasteiger partial charge in [-0.1, -0.05) is 25.8 Å². The lowest BCUT2D eigenvalue weighted by Gasteiger charge is -2.30. The zero-order chi connectivity index (χ0) is 15.7. The zero-order valence-corrected chi connectivity index (χ0v) is 13.1. The number of carbonyl (C=O) groups excluding carboxylic acids is 1. The number of hydrogen-bond donors (Lipinski definition) is 1. The van der Waals surface area contributed by atoms with E-state index in [-0.39, 0.29) is 11.2 Å². The fourth-order valence-electron chi connectivity index (χ4n) is 2.77. The van der Waals surface area contributed by atoms with Crippen molar-refractivity contribution in [2.45, 2.75) is 26.8 Å². The molecule has 0 saturated heterocycles. The number of pyridine rings is 1. The quantitative estimate of drug-likeness (QED) is 0.822. The molecule has 0 spiro atoms. The summed E-state index contributed by atoms with van der Waals surface area (Å²) in [6.07, 6.45) is 2.55. The number of ketones is 1. The van der Waals surface area contributed by atoms with Gasteiger partial charge in [0.1, 0.15) is 11.5 Å². The SMILES string of the molecule is CNc1cccc(C#Cc2cc3n(c2)CC(C)(C)CC3=O)n1. The molecule has 22 heavy (non-hydrogen) atoms. The van der Waals surface area contributed by atoms with Gasteiger partial charge in [0, 0.05) is 31.8 Å². The van der Waals surface area contributed by atoms with Crippen LogP contribution in [0.4, 0.5) is 5.82 Å². The normalized spacial score (nSPS) is 15.7. The number of carbonyl (C=O) groups is 1. The highest BCUT2D eigenvalue weighted by molar-refractivity contribution is 5.96. The summed E-state index contributed by atoms with van der Waals surface area (Å²) in [6, 6.07) is 7.56. The van der Waals surface area contributed by atoms with Crippen molar-refractivity contribution >= 4 is 11.6 Å². The number of fused-ring (bicyclic) bond motifs is 1. The second-order valence-electron chi connectivity index (χ2n) is 6.41. The predicted molar refractivity (Wildman–Crippen MR) is 86.9 cm³/mol. The molecule has 0 saturated carbocycles. The van der Waals surface area contributed by atoms with Gasteiger partial charge in [-0.3, -0.25) is 4.79 Å². The average molecular weight is 293 g/mol. The Balaban J connectivity index is 1.89. The number of anilines is 1. The van der Waals surface area contributed by atoms with Crippen LogP contribution < -0.4 is 5.32 Å². The first-order valence-corrected chi connectivity index (χ1v) is 7.37. The van der Waals surface area contributed by atoms with Crippen LogP contribution in [0, 0.1) is 17.3 Å². The van der Waals surface area contributed by atoms with Crippen LogP contribution in [0.1, 0.15) is 42.0 Å². The van der Waals surface area contributed by atoms with Crippen LogP contribution in [-0.2, 0) is 6.54 Å². The molecule has 1 N–H and O–H groups in total. The third kappa shape index (κ3) is 2.89. The molecule has 3 heterocycles. The maximum absolute atomic E-state index is 12.2. The number of rotatable bonds is 1. The fraction of sp³-hybridized carbons (Fsp3) is 0.333. The van der Waals surface area contributed by atoms with E-state index in [1.165, 1.54) is 0 Å². The van der Waals surface area contributed by atoms with E-state index < -0.39 is 0 Å². The lowest BCUT2D eigenvalue weighted by Crippen LogP contribution is -2.30. The molecule has 0 aromatic carbocycles. The van der Waals surface area contributed by atoms with Gasteiger partial charge in [-0.25, -0.2) is 4.98 Å². The van der Waals surface area contributed by atoms with Crippen LogP contribution in [0.15, 0.2) is 30.5 Å².